The number of nitrogens with one attached hydrogen (secondary N) is 2. The summed E-state index contributed by atoms with van der Waals surface area (Å²) in [5, 5.41) is 5.94. The highest BCUT2D eigenvalue weighted by Crippen LogP contribution is 2.34. The lowest BCUT2D eigenvalue weighted by Crippen LogP contribution is -2.45. The number of hydrogen-bond donors (Lipinski definition) is 2. The average Bonchev–Trinajstić information content (AvgIpc) is 2.90. The minimum atomic E-state index is -0.505. The number of carbonyl (C=O) groups excluding carboxylic acids is 1. The first kappa shape index (κ1) is 14.9. The van der Waals surface area contributed by atoms with E-state index in [1.807, 2.05) is 13.8 Å². The fraction of sp³-hybridized carbons (Fsp3) is 0.533. The molecule has 20 heavy (non-hydrogen) atoms. The van der Waals surface area contributed by atoms with Gasteiger partial charge >= 0.3 is 0 Å². The molecule has 0 bridgehead atoms. The Hall–Kier alpha value is -1.49. The molecule has 1 aliphatic rings. The Labute approximate surface area is 117 Å². The molecule has 0 aliphatic carbocycles. The molecule has 0 radical (unpaired) electrons. The maximum atomic E-state index is 13.5. The molecule has 0 spiro atoms. The van der Waals surface area contributed by atoms with Gasteiger partial charge < -0.3 is 10.6 Å². The second-order valence-corrected chi connectivity index (χ2v) is 5.66. The zero-order chi connectivity index (χ0) is 14.8. The van der Waals surface area contributed by atoms with Gasteiger partial charge in [-0.3, -0.25) is 4.79 Å². The molecule has 2 rings (SSSR count). The molecule has 0 aromatic heterocycles. The summed E-state index contributed by atoms with van der Waals surface area (Å²) in [5.74, 6) is -0.914. The maximum Gasteiger partial charge on any atom is 0.228 e. The van der Waals surface area contributed by atoms with Gasteiger partial charge in [-0.1, -0.05) is 13.8 Å². The lowest BCUT2D eigenvalue weighted by atomic mass is 9.75. The standard InChI is InChI=1S/C15H20F2N2O/c1-10(2)15(5-6-18-9-15)14(20)19-8-11-7-12(16)3-4-13(11)17/h3-4,7,10,18H,5-6,8-9H2,1-2H3,(H,19,20). The van der Waals surface area contributed by atoms with E-state index in [9.17, 15) is 13.6 Å². The fourth-order valence-corrected chi connectivity index (χ4v) is 2.69. The van der Waals surface area contributed by atoms with E-state index in [0.29, 0.717) is 6.54 Å². The SMILES string of the molecule is CC(C)C1(C(=O)NCc2cc(F)ccc2F)CCNC1. The van der Waals surface area contributed by atoms with Crippen molar-refractivity contribution in [2.45, 2.75) is 26.8 Å². The van der Waals surface area contributed by atoms with E-state index in [0.717, 1.165) is 31.2 Å². The van der Waals surface area contributed by atoms with Gasteiger partial charge in [0.25, 0.3) is 0 Å². The first-order valence-corrected chi connectivity index (χ1v) is 6.88. The Balaban J connectivity index is 2.06. The summed E-state index contributed by atoms with van der Waals surface area (Å²) in [4.78, 5) is 12.4. The van der Waals surface area contributed by atoms with Crippen LogP contribution in [0.5, 0.6) is 0 Å². The van der Waals surface area contributed by atoms with Crippen LogP contribution in [0, 0.1) is 23.0 Å². The van der Waals surface area contributed by atoms with Crippen LogP contribution in [0.25, 0.3) is 0 Å². The number of benzene rings is 1. The fourth-order valence-electron chi connectivity index (χ4n) is 2.69. The molecule has 3 nitrogen and oxygen atoms in total. The topological polar surface area (TPSA) is 41.1 Å². The molecular weight excluding hydrogens is 262 g/mol. The summed E-state index contributed by atoms with van der Waals surface area (Å²) in [6, 6.07) is 3.26. The minimum Gasteiger partial charge on any atom is -0.351 e. The summed E-state index contributed by atoms with van der Waals surface area (Å²) < 4.78 is 26.6. The van der Waals surface area contributed by atoms with Gasteiger partial charge in [0.2, 0.25) is 5.91 Å². The van der Waals surface area contributed by atoms with E-state index in [2.05, 4.69) is 10.6 Å². The van der Waals surface area contributed by atoms with Crippen LogP contribution < -0.4 is 10.6 Å². The normalized spacial score (nSPS) is 22.2. The third-order valence-electron chi connectivity index (χ3n) is 4.19. The summed E-state index contributed by atoms with van der Waals surface area (Å²) in [7, 11) is 0. The molecule has 2 N–H and O–H groups in total. The van der Waals surface area contributed by atoms with Crippen LogP contribution in [0.4, 0.5) is 8.78 Å². The van der Waals surface area contributed by atoms with Gasteiger partial charge in [0.05, 0.1) is 5.41 Å². The van der Waals surface area contributed by atoms with Crippen LogP contribution in [-0.4, -0.2) is 19.0 Å². The van der Waals surface area contributed by atoms with E-state index < -0.39 is 17.0 Å². The highest BCUT2D eigenvalue weighted by atomic mass is 19.1. The highest BCUT2D eigenvalue weighted by Gasteiger charge is 2.43. The van der Waals surface area contributed by atoms with Gasteiger partial charge in [-0.15, -0.1) is 0 Å². The average molecular weight is 282 g/mol. The maximum absolute atomic E-state index is 13.5. The molecule has 1 aliphatic heterocycles. The molecular formula is C15H20F2N2O. The Morgan fingerprint density at radius 2 is 2.20 bits per heavy atom. The van der Waals surface area contributed by atoms with Gasteiger partial charge in [-0.05, 0) is 37.1 Å². The number of halogens is 2. The van der Waals surface area contributed by atoms with Crippen molar-refractivity contribution in [3.63, 3.8) is 0 Å². The van der Waals surface area contributed by atoms with Crippen molar-refractivity contribution in [3.8, 4) is 0 Å². The van der Waals surface area contributed by atoms with Crippen LogP contribution in [0.3, 0.4) is 0 Å². The number of rotatable bonds is 4. The van der Waals surface area contributed by atoms with Crippen molar-refractivity contribution < 1.29 is 13.6 Å². The smallest absolute Gasteiger partial charge is 0.228 e. The molecule has 1 aromatic rings. The molecule has 1 atom stereocenters. The van der Waals surface area contributed by atoms with Crippen LogP contribution in [0.1, 0.15) is 25.8 Å². The highest BCUT2D eigenvalue weighted by molar-refractivity contribution is 5.83. The predicted molar refractivity (Wildman–Crippen MR) is 73.0 cm³/mol. The number of carbonyl (C=O) groups is 1. The molecule has 110 valence electrons. The van der Waals surface area contributed by atoms with Crippen LogP contribution in [0.15, 0.2) is 18.2 Å². The third kappa shape index (κ3) is 2.82. The largest absolute Gasteiger partial charge is 0.351 e. The van der Waals surface area contributed by atoms with Crippen molar-refractivity contribution in [2.24, 2.45) is 11.3 Å². The molecule has 1 saturated heterocycles. The van der Waals surface area contributed by atoms with E-state index in [-0.39, 0.29) is 23.9 Å². The van der Waals surface area contributed by atoms with E-state index in [1.165, 1.54) is 0 Å². The van der Waals surface area contributed by atoms with Crippen molar-refractivity contribution in [1.29, 1.82) is 0 Å². The van der Waals surface area contributed by atoms with Crippen LogP contribution in [0.2, 0.25) is 0 Å². The molecule has 1 fully saturated rings. The Morgan fingerprint density at radius 1 is 1.45 bits per heavy atom. The van der Waals surface area contributed by atoms with E-state index in [1.54, 1.807) is 0 Å². The first-order valence-electron chi connectivity index (χ1n) is 6.88. The summed E-state index contributed by atoms with van der Waals surface area (Å²) >= 11 is 0. The van der Waals surface area contributed by atoms with Crippen LogP contribution >= 0.6 is 0 Å². The van der Waals surface area contributed by atoms with Crippen LogP contribution in [-0.2, 0) is 11.3 Å². The number of amides is 1. The Kier molecular flexibility index (Phi) is 4.38. The summed E-state index contributed by atoms with van der Waals surface area (Å²) in [6.07, 6.45) is 0.766. The monoisotopic (exact) mass is 282 g/mol. The molecule has 1 heterocycles. The van der Waals surface area contributed by atoms with E-state index >= 15 is 0 Å². The first-order chi connectivity index (χ1) is 9.45. The molecule has 1 aromatic carbocycles. The zero-order valence-electron chi connectivity index (χ0n) is 11.8. The zero-order valence-corrected chi connectivity index (χ0v) is 11.8. The quantitative estimate of drug-likeness (QED) is 0.889. The number of hydrogen-bond acceptors (Lipinski definition) is 2. The van der Waals surface area contributed by atoms with Gasteiger partial charge in [-0.25, -0.2) is 8.78 Å². The second-order valence-electron chi connectivity index (χ2n) is 5.66. The predicted octanol–water partition coefficient (Wildman–Crippen LogP) is 2.22. The lowest BCUT2D eigenvalue weighted by Gasteiger charge is -2.31. The van der Waals surface area contributed by atoms with Crippen molar-refractivity contribution in [3.05, 3.63) is 35.4 Å². The molecule has 0 saturated carbocycles. The third-order valence-corrected chi connectivity index (χ3v) is 4.19. The summed E-state index contributed by atoms with van der Waals surface area (Å²) in [6.45, 7) is 5.46. The lowest BCUT2D eigenvalue weighted by molar-refractivity contribution is -0.132. The minimum absolute atomic E-state index is 0.0108. The van der Waals surface area contributed by atoms with E-state index in [4.69, 9.17) is 0 Å². The van der Waals surface area contributed by atoms with Crippen molar-refractivity contribution in [1.82, 2.24) is 10.6 Å². The summed E-state index contributed by atoms with van der Waals surface area (Å²) in [5.41, 5.74) is -0.285. The van der Waals surface area contributed by atoms with Gasteiger partial charge in [-0.2, -0.15) is 0 Å². The molecule has 1 unspecified atom stereocenters. The Bertz CT molecular complexity index is 497. The van der Waals surface area contributed by atoms with Crippen molar-refractivity contribution >= 4 is 5.91 Å². The van der Waals surface area contributed by atoms with Gasteiger partial charge in [0, 0.05) is 18.7 Å². The second kappa shape index (κ2) is 5.87. The van der Waals surface area contributed by atoms with Gasteiger partial charge in [0.15, 0.2) is 0 Å². The van der Waals surface area contributed by atoms with Gasteiger partial charge in [0.1, 0.15) is 11.6 Å². The molecule has 1 amide bonds. The Morgan fingerprint density at radius 3 is 2.80 bits per heavy atom. The van der Waals surface area contributed by atoms with Crippen molar-refractivity contribution in [2.75, 3.05) is 13.1 Å². The molecule has 5 heteroatoms.